The molecule has 0 aliphatic heterocycles. The lowest BCUT2D eigenvalue weighted by molar-refractivity contribution is 0.0792. The molecule has 0 fully saturated rings. The van der Waals surface area contributed by atoms with Gasteiger partial charge in [-0.1, -0.05) is 44.7 Å². The van der Waals surface area contributed by atoms with Gasteiger partial charge in [-0.05, 0) is 37.1 Å². The number of nitrogens with one attached hydrogen (secondary N) is 1. The monoisotopic (exact) mass is 397 g/mol. The van der Waals surface area contributed by atoms with Crippen LogP contribution in [0.15, 0.2) is 29.2 Å². The van der Waals surface area contributed by atoms with Crippen LogP contribution in [0.1, 0.15) is 61.4 Å². The standard InChI is InChI=1S/C19H32N3O4P/c1-3-4-5-6-7-14-22(2)19(23)18-11-9-17(10-12-18)16-20-13-8-15-27(25,26)21-24/h9-12,20H,3-8,13-16H2,1-2H3,(H,25,26). The second-order valence-corrected chi connectivity index (χ2v) is 8.78. The number of hydrogen-bond acceptors (Lipinski definition) is 4. The Hall–Kier alpha value is -1.56. The number of carbonyl (C=O) groups excluding carboxylic acids is 1. The van der Waals surface area contributed by atoms with E-state index >= 15 is 0 Å². The fourth-order valence-electron chi connectivity index (χ4n) is 2.72. The average Bonchev–Trinajstić information content (AvgIpc) is 2.67. The molecule has 1 unspecified atom stereocenters. The number of rotatable bonds is 14. The van der Waals surface area contributed by atoms with Crippen molar-refractivity contribution in [3.8, 4) is 0 Å². The molecule has 0 aliphatic carbocycles. The van der Waals surface area contributed by atoms with Gasteiger partial charge in [0.15, 0.2) is 0 Å². The second-order valence-electron chi connectivity index (χ2n) is 6.84. The van der Waals surface area contributed by atoms with Crippen molar-refractivity contribution >= 4 is 13.4 Å². The zero-order valence-electron chi connectivity index (χ0n) is 16.4. The van der Waals surface area contributed by atoms with Crippen LogP contribution < -0.4 is 5.32 Å². The molecule has 7 nitrogen and oxygen atoms in total. The smallest absolute Gasteiger partial charge is 0.342 e. The van der Waals surface area contributed by atoms with E-state index in [0.717, 1.165) is 24.9 Å². The van der Waals surface area contributed by atoms with E-state index < -0.39 is 7.52 Å². The lowest BCUT2D eigenvalue weighted by Crippen LogP contribution is -2.27. The van der Waals surface area contributed by atoms with Crippen molar-refractivity contribution in [3.63, 3.8) is 0 Å². The third kappa shape index (κ3) is 9.80. The second kappa shape index (κ2) is 12.8. The lowest BCUT2D eigenvalue weighted by atomic mass is 10.1. The van der Waals surface area contributed by atoms with Gasteiger partial charge in [0.2, 0.25) is 0 Å². The molecule has 0 saturated carbocycles. The van der Waals surface area contributed by atoms with Crippen molar-refractivity contribution < 1.29 is 14.3 Å². The average molecular weight is 397 g/mol. The highest BCUT2D eigenvalue weighted by atomic mass is 31.2. The van der Waals surface area contributed by atoms with E-state index in [4.69, 9.17) is 4.89 Å². The number of carbonyl (C=O) groups is 1. The topological polar surface area (TPSA) is 99.1 Å². The molecule has 8 heteroatoms. The van der Waals surface area contributed by atoms with E-state index in [1.807, 2.05) is 31.3 Å². The molecule has 1 rings (SSSR count). The van der Waals surface area contributed by atoms with Crippen molar-refractivity contribution in [1.82, 2.24) is 10.2 Å². The Morgan fingerprint density at radius 3 is 2.44 bits per heavy atom. The first-order chi connectivity index (χ1) is 12.9. The van der Waals surface area contributed by atoms with Gasteiger partial charge in [-0.15, -0.1) is 4.91 Å². The fourth-order valence-corrected chi connectivity index (χ4v) is 3.37. The normalized spacial score (nSPS) is 13.1. The molecule has 2 N–H and O–H groups in total. The summed E-state index contributed by atoms with van der Waals surface area (Å²) in [6.07, 6.45) is 6.17. The summed E-state index contributed by atoms with van der Waals surface area (Å²) >= 11 is 0. The van der Waals surface area contributed by atoms with Crippen LogP contribution in [-0.2, 0) is 11.1 Å². The van der Waals surface area contributed by atoms with Gasteiger partial charge >= 0.3 is 7.52 Å². The molecule has 152 valence electrons. The Kier molecular flexibility index (Phi) is 11.1. The zero-order valence-corrected chi connectivity index (χ0v) is 17.3. The van der Waals surface area contributed by atoms with Gasteiger partial charge < -0.3 is 15.1 Å². The van der Waals surface area contributed by atoms with Crippen LogP contribution in [0, 0.1) is 4.91 Å². The van der Waals surface area contributed by atoms with Crippen LogP contribution in [0.2, 0.25) is 0 Å². The van der Waals surface area contributed by atoms with Gasteiger partial charge in [0.05, 0.1) is 0 Å². The molecule has 1 amide bonds. The van der Waals surface area contributed by atoms with Crippen molar-refractivity contribution in [2.75, 3.05) is 26.3 Å². The molecule has 0 aliphatic rings. The Balaban J connectivity index is 2.32. The molecule has 1 aromatic rings. The van der Waals surface area contributed by atoms with E-state index in [-0.39, 0.29) is 12.1 Å². The van der Waals surface area contributed by atoms with Crippen molar-refractivity contribution in [1.29, 1.82) is 0 Å². The number of unbranched alkanes of at least 4 members (excludes halogenated alkanes) is 4. The fraction of sp³-hybridized carbons (Fsp3) is 0.632. The highest BCUT2D eigenvalue weighted by Gasteiger charge is 2.17. The SMILES string of the molecule is CCCCCCCN(C)C(=O)c1ccc(CNCCCP(=O)(O)N=O)cc1. The molecular weight excluding hydrogens is 365 g/mol. The van der Waals surface area contributed by atoms with Gasteiger partial charge in [-0.3, -0.25) is 9.36 Å². The van der Waals surface area contributed by atoms with Crippen LogP contribution in [0.4, 0.5) is 0 Å². The van der Waals surface area contributed by atoms with Crippen LogP contribution >= 0.6 is 7.52 Å². The molecule has 0 radical (unpaired) electrons. The van der Waals surface area contributed by atoms with E-state index in [0.29, 0.717) is 25.1 Å². The minimum absolute atomic E-state index is 0.0325. The number of hydrogen-bond donors (Lipinski definition) is 2. The summed E-state index contributed by atoms with van der Waals surface area (Å²) in [4.78, 5) is 35.6. The van der Waals surface area contributed by atoms with E-state index in [1.54, 1.807) is 4.90 Å². The Morgan fingerprint density at radius 2 is 1.81 bits per heavy atom. The first-order valence-electron chi connectivity index (χ1n) is 9.61. The third-order valence-corrected chi connectivity index (χ3v) is 5.56. The highest BCUT2D eigenvalue weighted by molar-refractivity contribution is 7.56. The molecule has 1 atom stereocenters. The Morgan fingerprint density at radius 1 is 1.15 bits per heavy atom. The molecule has 0 saturated heterocycles. The summed E-state index contributed by atoms with van der Waals surface area (Å²) in [7, 11) is -2.00. The van der Waals surface area contributed by atoms with Gasteiger partial charge in [-0.2, -0.15) is 0 Å². The molecule has 27 heavy (non-hydrogen) atoms. The summed E-state index contributed by atoms with van der Waals surface area (Å²) in [6.45, 7) is 4.07. The molecule has 0 spiro atoms. The first-order valence-corrected chi connectivity index (χ1v) is 11.4. The number of amides is 1. The molecule has 0 bridgehead atoms. The number of benzene rings is 1. The van der Waals surface area contributed by atoms with Crippen LogP contribution in [0.3, 0.4) is 0 Å². The van der Waals surface area contributed by atoms with Crippen LogP contribution in [0.5, 0.6) is 0 Å². The van der Waals surface area contributed by atoms with Gasteiger partial charge in [0, 0.05) is 36.8 Å². The van der Waals surface area contributed by atoms with Crippen LogP contribution in [0.25, 0.3) is 0 Å². The lowest BCUT2D eigenvalue weighted by Gasteiger charge is -2.17. The molecular formula is C19H32N3O4P. The van der Waals surface area contributed by atoms with Gasteiger partial charge in [0.25, 0.3) is 5.91 Å². The van der Waals surface area contributed by atoms with Crippen molar-refractivity contribution in [3.05, 3.63) is 40.3 Å². The number of nitroso groups, excluding NO2 is 1. The predicted octanol–water partition coefficient (Wildman–Crippen LogP) is 4.16. The Bertz CT molecular complexity index is 622. The summed E-state index contributed by atoms with van der Waals surface area (Å²) in [5.74, 6) is 0.0325. The summed E-state index contributed by atoms with van der Waals surface area (Å²) in [5, 5.41) is 3.14. The van der Waals surface area contributed by atoms with E-state index in [9.17, 15) is 14.3 Å². The first kappa shape index (κ1) is 23.5. The largest absolute Gasteiger partial charge is 0.350 e. The highest BCUT2D eigenvalue weighted by Crippen LogP contribution is 2.41. The summed E-state index contributed by atoms with van der Waals surface area (Å²) in [6, 6.07) is 7.45. The van der Waals surface area contributed by atoms with Gasteiger partial charge in [-0.25, -0.2) is 0 Å². The van der Waals surface area contributed by atoms with Crippen LogP contribution in [-0.4, -0.2) is 42.0 Å². The minimum atomic E-state index is -3.84. The molecule has 0 heterocycles. The predicted molar refractivity (Wildman–Crippen MR) is 109 cm³/mol. The maximum Gasteiger partial charge on any atom is 0.350 e. The van der Waals surface area contributed by atoms with E-state index in [2.05, 4.69) is 17.2 Å². The summed E-state index contributed by atoms with van der Waals surface area (Å²) in [5.41, 5.74) is 1.70. The van der Waals surface area contributed by atoms with Gasteiger partial charge in [0.1, 0.15) is 0 Å². The maximum atomic E-state index is 12.4. The minimum Gasteiger partial charge on any atom is -0.342 e. The third-order valence-electron chi connectivity index (χ3n) is 4.40. The Labute approximate surface area is 162 Å². The molecule has 0 aromatic heterocycles. The van der Waals surface area contributed by atoms with E-state index in [1.165, 1.54) is 19.3 Å². The maximum absolute atomic E-state index is 12.4. The van der Waals surface area contributed by atoms with Crippen molar-refractivity contribution in [2.45, 2.75) is 52.0 Å². The van der Waals surface area contributed by atoms with Crippen molar-refractivity contribution in [2.24, 2.45) is 4.95 Å². The molecule has 1 aromatic carbocycles. The summed E-state index contributed by atoms with van der Waals surface area (Å²) < 4.78 is 11.1. The zero-order chi connectivity index (χ0) is 20.1. The quantitative estimate of drug-likeness (QED) is 0.279. The number of nitrogens with zero attached hydrogens (tertiary/aromatic N) is 2.